The van der Waals surface area contributed by atoms with Crippen LogP contribution in [0.1, 0.15) is 22.6 Å². The summed E-state index contributed by atoms with van der Waals surface area (Å²) >= 11 is 0. The van der Waals surface area contributed by atoms with Crippen LogP contribution in [0.3, 0.4) is 0 Å². The van der Waals surface area contributed by atoms with Crippen molar-refractivity contribution < 1.29 is 23.2 Å². The minimum atomic E-state index is -3.13. The fourth-order valence-corrected chi connectivity index (χ4v) is 1.00. The number of halogens is 2. The first-order valence-electron chi connectivity index (χ1n) is 3.99. The summed E-state index contributed by atoms with van der Waals surface area (Å²) in [5.74, 6) is -0.934. The number of hydrogen-bond donors (Lipinski definition) is 0. The first kappa shape index (κ1) is 12.0. The molecule has 0 aliphatic heterocycles. The molecule has 1 aromatic heterocycles. The summed E-state index contributed by atoms with van der Waals surface area (Å²) < 4.78 is 29.1. The van der Waals surface area contributed by atoms with Gasteiger partial charge in [-0.05, 0) is 6.07 Å². The molecular formula is C8H6F2N2O4. The Balaban J connectivity index is 3.28. The van der Waals surface area contributed by atoms with E-state index in [1.54, 1.807) is 0 Å². The van der Waals surface area contributed by atoms with E-state index in [4.69, 9.17) is 0 Å². The third-order valence-corrected chi connectivity index (χ3v) is 1.70. The number of nitrogens with zero attached hydrogens (tertiary/aromatic N) is 2. The molecule has 0 atom stereocenters. The van der Waals surface area contributed by atoms with Crippen LogP contribution in [0.25, 0.3) is 0 Å². The van der Waals surface area contributed by atoms with Gasteiger partial charge in [0.1, 0.15) is 5.69 Å². The normalized spacial score (nSPS) is 10.2. The van der Waals surface area contributed by atoms with Crippen molar-refractivity contribution in [3.63, 3.8) is 0 Å². The van der Waals surface area contributed by atoms with E-state index in [9.17, 15) is 23.7 Å². The summed E-state index contributed by atoms with van der Waals surface area (Å²) in [6, 6.07) is 1.75. The smallest absolute Gasteiger partial charge is 0.356 e. The molecule has 0 fully saturated rings. The Bertz CT molecular complexity index is 436. The van der Waals surface area contributed by atoms with Gasteiger partial charge < -0.3 is 4.74 Å². The van der Waals surface area contributed by atoms with Crippen LogP contribution in [-0.4, -0.2) is 23.0 Å². The predicted octanol–water partition coefficient (Wildman–Crippen LogP) is 1.71. The lowest BCUT2D eigenvalue weighted by atomic mass is 10.2. The second kappa shape index (κ2) is 4.60. The Kier molecular flexibility index (Phi) is 3.44. The van der Waals surface area contributed by atoms with Gasteiger partial charge in [0, 0.05) is 6.07 Å². The molecule has 0 N–H and O–H groups in total. The molecule has 16 heavy (non-hydrogen) atoms. The molecule has 1 rings (SSSR count). The summed E-state index contributed by atoms with van der Waals surface area (Å²) in [5.41, 5.74) is -2.28. The molecule has 0 unspecified atom stereocenters. The van der Waals surface area contributed by atoms with Crippen molar-refractivity contribution >= 4 is 11.7 Å². The number of ether oxygens (including phenoxy) is 1. The maximum atomic E-state index is 12.4. The maximum Gasteiger partial charge on any atom is 0.356 e. The summed E-state index contributed by atoms with van der Waals surface area (Å²) in [6.07, 6.45) is -3.13. The summed E-state index contributed by atoms with van der Waals surface area (Å²) in [5, 5.41) is 10.4. The van der Waals surface area contributed by atoms with Gasteiger partial charge in [0.2, 0.25) is 0 Å². The van der Waals surface area contributed by atoms with E-state index in [0.717, 1.165) is 19.2 Å². The molecule has 6 nitrogen and oxygen atoms in total. The molecule has 0 aliphatic rings. The third kappa shape index (κ3) is 2.27. The molecule has 0 bridgehead atoms. The van der Waals surface area contributed by atoms with Crippen LogP contribution in [0.4, 0.5) is 14.5 Å². The highest BCUT2D eigenvalue weighted by Gasteiger charge is 2.25. The quantitative estimate of drug-likeness (QED) is 0.450. The number of rotatable bonds is 3. The highest BCUT2D eigenvalue weighted by molar-refractivity contribution is 5.87. The number of hydrogen-bond acceptors (Lipinski definition) is 5. The number of pyridine rings is 1. The van der Waals surface area contributed by atoms with Gasteiger partial charge in [-0.25, -0.2) is 18.6 Å². The van der Waals surface area contributed by atoms with E-state index in [0.29, 0.717) is 0 Å². The van der Waals surface area contributed by atoms with Crippen molar-refractivity contribution in [2.45, 2.75) is 6.43 Å². The average molecular weight is 232 g/mol. The number of carbonyl (C=O) groups excluding carboxylic acids is 1. The fourth-order valence-electron chi connectivity index (χ4n) is 1.00. The van der Waals surface area contributed by atoms with Crippen LogP contribution in [0, 0.1) is 10.1 Å². The van der Waals surface area contributed by atoms with Crippen molar-refractivity contribution in [2.75, 3.05) is 7.11 Å². The van der Waals surface area contributed by atoms with Gasteiger partial charge in [0.05, 0.1) is 12.0 Å². The van der Waals surface area contributed by atoms with Gasteiger partial charge in [-0.2, -0.15) is 0 Å². The highest BCUT2D eigenvalue weighted by Crippen LogP contribution is 2.26. The predicted molar refractivity (Wildman–Crippen MR) is 47.2 cm³/mol. The topological polar surface area (TPSA) is 82.3 Å². The SMILES string of the molecule is COC(=O)c1ccc([N+](=O)[O-])c(C(F)F)n1. The molecule has 0 amide bonds. The lowest BCUT2D eigenvalue weighted by Crippen LogP contribution is -2.08. The molecule has 0 saturated heterocycles. The summed E-state index contributed by atoms with van der Waals surface area (Å²) in [7, 11) is 1.05. The number of carbonyl (C=O) groups is 1. The number of esters is 1. The number of aromatic nitrogens is 1. The molecule has 0 spiro atoms. The number of alkyl halides is 2. The molecule has 1 aromatic rings. The lowest BCUT2D eigenvalue weighted by Gasteiger charge is -2.03. The van der Waals surface area contributed by atoms with Crippen LogP contribution < -0.4 is 0 Å². The standard InChI is InChI=1S/C8H6F2N2O4/c1-16-8(13)4-2-3-5(12(14)15)6(11-4)7(9)10/h2-3,7H,1H3. The van der Waals surface area contributed by atoms with Gasteiger partial charge in [-0.3, -0.25) is 10.1 Å². The Hall–Kier alpha value is -2.12. The Morgan fingerprint density at radius 1 is 1.56 bits per heavy atom. The fraction of sp³-hybridized carbons (Fsp3) is 0.250. The van der Waals surface area contributed by atoms with E-state index in [2.05, 4.69) is 9.72 Å². The Labute approximate surface area is 88.0 Å². The monoisotopic (exact) mass is 232 g/mol. The Morgan fingerprint density at radius 3 is 2.62 bits per heavy atom. The van der Waals surface area contributed by atoms with E-state index < -0.39 is 34.4 Å². The zero-order chi connectivity index (χ0) is 12.3. The number of nitro groups is 1. The molecule has 0 aromatic carbocycles. The van der Waals surface area contributed by atoms with Crippen LogP contribution in [0.2, 0.25) is 0 Å². The van der Waals surface area contributed by atoms with Gasteiger partial charge in [-0.15, -0.1) is 0 Å². The minimum absolute atomic E-state index is 0.400. The van der Waals surface area contributed by atoms with Crippen LogP contribution in [-0.2, 0) is 4.74 Å². The van der Waals surface area contributed by atoms with Gasteiger partial charge >= 0.3 is 5.97 Å². The highest BCUT2D eigenvalue weighted by atomic mass is 19.3. The van der Waals surface area contributed by atoms with Gasteiger partial charge in [-0.1, -0.05) is 0 Å². The number of methoxy groups -OCH3 is 1. The van der Waals surface area contributed by atoms with E-state index in [1.807, 2.05) is 0 Å². The molecule has 8 heteroatoms. The second-order valence-corrected chi connectivity index (χ2v) is 2.65. The zero-order valence-corrected chi connectivity index (χ0v) is 8.02. The largest absolute Gasteiger partial charge is 0.464 e. The van der Waals surface area contributed by atoms with Crippen molar-refractivity contribution in [1.29, 1.82) is 0 Å². The lowest BCUT2D eigenvalue weighted by molar-refractivity contribution is -0.386. The van der Waals surface area contributed by atoms with Crippen LogP contribution in [0.15, 0.2) is 12.1 Å². The van der Waals surface area contributed by atoms with E-state index >= 15 is 0 Å². The molecular weight excluding hydrogens is 226 g/mol. The molecule has 1 heterocycles. The maximum absolute atomic E-state index is 12.4. The van der Waals surface area contributed by atoms with Crippen molar-refractivity contribution in [3.8, 4) is 0 Å². The van der Waals surface area contributed by atoms with Crippen molar-refractivity contribution in [2.24, 2.45) is 0 Å². The summed E-state index contributed by atoms with van der Waals surface area (Å²) in [6.45, 7) is 0. The van der Waals surface area contributed by atoms with E-state index in [1.165, 1.54) is 0 Å². The minimum Gasteiger partial charge on any atom is -0.464 e. The zero-order valence-electron chi connectivity index (χ0n) is 8.02. The third-order valence-electron chi connectivity index (χ3n) is 1.70. The van der Waals surface area contributed by atoms with Gasteiger partial charge in [0.15, 0.2) is 5.69 Å². The Morgan fingerprint density at radius 2 is 2.19 bits per heavy atom. The molecule has 0 radical (unpaired) electrons. The van der Waals surface area contributed by atoms with Crippen molar-refractivity contribution in [1.82, 2.24) is 4.98 Å². The van der Waals surface area contributed by atoms with Crippen molar-refractivity contribution in [3.05, 3.63) is 33.6 Å². The first-order valence-corrected chi connectivity index (χ1v) is 3.99. The second-order valence-electron chi connectivity index (χ2n) is 2.65. The first-order chi connectivity index (χ1) is 7.47. The summed E-state index contributed by atoms with van der Waals surface area (Å²) in [4.78, 5) is 23.6. The van der Waals surface area contributed by atoms with Gasteiger partial charge in [0.25, 0.3) is 12.1 Å². The molecule has 0 saturated carbocycles. The molecule has 86 valence electrons. The van der Waals surface area contributed by atoms with Crippen LogP contribution >= 0.6 is 0 Å². The average Bonchev–Trinajstić information content (AvgIpc) is 2.26. The van der Waals surface area contributed by atoms with Crippen LogP contribution in [0.5, 0.6) is 0 Å². The van der Waals surface area contributed by atoms with E-state index in [-0.39, 0.29) is 0 Å². The molecule has 0 aliphatic carbocycles.